The first-order chi connectivity index (χ1) is 9.42. The Bertz CT molecular complexity index is 740. The lowest BCUT2D eigenvalue weighted by Crippen LogP contribution is -2.39. The van der Waals surface area contributed by atoms with E-state index in [-0.39, 0.29) is 4.90 Å². The fourth-order valence-electron chi connectivity index (χ4n) is 1.69. The molecule has 20 heavy (non-hydrogen) atoms. The number of carbonyl (C=O) groups excluding carboxylic acids is 1. The van der Waals surface area contributed by atoms with Gasteiger partial charge >= 0.3 is 0 Å². The number of hydrogen-bond donors (Lipinski definition) is 3. The van der Waals surface area contributed by atoms with Gasteiger partial charge in [-0.3, -0.25) is 9.78 Å². The molecule has 2 aromatic rings. The molecule has 0 aliphatic carbocycles. The summed E-state index contributed by atoms with van der Waals surface area (Å²) in [6.45, 7) is -0.473. The average molecular weight is 295 g/mol. The van der Waals surface area contributed by atoms with Crippen molar-refractivity contribution in [3.63, 3.8) is 0 Å². The molecule has 1 atom stereocenters. The normalized spacial score (nSPS) is 13.2. The Labute approximate surface area is 115 Å². The largest absolute Gasteiger partial charge is 0.382 e. The summed E-state index contributed by atoms with van der Waals surface area (Å²) in [5, 5.41) is 10.4. The van der Waals surface area contributed by atoms with Gasteiger partial charge in [-0.25, -0.2) is 13.1 Å². The molecule has 1 unspecified atom stereocenters. The highest BCUT2D eigenvalue weighted by Gasteiger charge is 2.20. The van der Waals surface area contributed by atoms with E-state index in [2.05, 4.69) is 9.71 Å². The quantitative estimate of drug-likeness (QED) is 0.677. The molecule has 1 aromatic carbocycles. The van der Waals surface area contributed by atoms with Crippen LogP contribution in [-0.4, -0.2) is 37.1 Å². The second-order valence-corrected chi connectivity index (χ2v) is 5.86. The van der Waals surface area contributed by atoms with E-state index < -0.39 is 28.6 Å². The highest BCUT2D eigenvalue weighted by Crippen LogP contribution is 2.21. The molecule has 106 valence electrons. The number of aliphatic hydroxyl groups is 1. The number of nitrogens with zero attached hydrogens (tertiary/aromatic N) is 1. The van der Waals surface area contributed by atoms with Crippen LogP contribution in [0.1, 0.15) is 0 Å². The van der Waals surface area contributed by atoms with Crippen LogP contribution in [0.15, 0.2) is 41.6 Å². The summed E-state index contributed by atoms with van der Waals surface area (Å²) >= 11 is 0. The van der Waals surface area contributed by atoms with E-state index in [9.17, 15) is 18.3 Å². The molecule has 0 saturated carbocycles. The lowest BCUT2D eigenvalue weighted by molar-refractivity contribution is -0.125. The van der Waals surface area contributed by atoms with Crippen LogP contribution in [0.2, 0.25) is 0 Å². The lowest BCUT2D eigenvalue weighted by atomic mass is 10.2. The maximum atomic E-state index is 12.2. The van der Waals surface area contributed by atoms with Crippen molar-refractivity contribution in [1.29, 1.82) is 0 Å². The number of pyridine rings is 1. The van der Waals surface area contributed by atoms with Crippen LogP contribution >= 0.6 is 0 Å². The number of aromatic nitrogens is 1. The first kappa shape index (κ1) is 14.4. The Morgan fingerprint density at radius 2 is 2.15 bits per heavy atom. The molecule has 7 nitrogen and oxygen atoms in total. The van der Waals surface area contributed by atoms with Crippen LogP contribution in [0.3, 0.4) is 0 Å². The van der Waals surface area contributed by atoms with Crippen molar-refractivity contribution in [3.8, 4) is 0 Å². The lowest BCUT2D eigenvalue weighted by Gasteiger charge is -2.11. The number of carbonyl (C=O) groups is 1. The Morgan fingerprint density at radius 3 is 2.85 bits per heavy atom. The summed E-state index contributed by atoms with van der Waals surface area (Å²) in [6, 6.07) is 6.33. The summed E-state index contributed by atoms with van der Waals surface area (Å²) in [4.78, 5) is 14.7. The summed E-state index contributed by atoms with van der Waals surface area (Å²) in [7, 11) is -3.86. The Balaban J connectivity index is 2.35. The first-order valence-corrected chi connectivity index (χ1v) is 7.20. The highest BCUT2D eigenvalue weighted by molar-refractivity contribution is 7.89. The van der Waals surface area contributed by atoms with Gasteiger partial charge in [0.05, 0.1) is 4.90 Å². The molecule has 2 rings (SSSR count). The highest BCUT2D eigenvalue weighted by atomic mass is 32.2. The predicted octanol–water partition coefficient (Wildman–Crippen LogP) is -0.641. The van der Waals surface area contributed by atoms with Crippen molar-refractivity contribution >= 4 is 26.7 Å². The number of amides is 1. The average Bonchev–Trinajstić information content (AvgIpc) is 2.44. The van der Waals surface area contributed by atoms with Crippen LogP contribution in [-0.2, 0) is 14.8 Å². The van der Waals surface area contributed by atoms with E-state index in [0.29, 0.717) is 10.8 Å². The number of nitrogens with two attached hydrogens (primary N) is 1. The molecule has 0 spiro atoms. The molecule has 0 aliphatic rings. The van der Waals surface area contributed by atoms with Gasteiger partial charge in [0.25, 0.3) is 0 Å². The van der Waals surface area contributed by atoms with Crippen LogP contribution in [0.5, 0.6) is 0 Å². The zero-order valence-corrected chi connectivity index (χ0v) is 11.2. The molecule has 0 fully saturated rings. The summed E-state index contributed by atoms with van der Waals surface area (Å²) in [5.74, 6) is -0.991. The maximum absolute atomic E-state index is 12.2. The standard InChI is InChI=1S/C12H13N3O4S/c13-12(17)10(16)7-15-20(18,19)11-3-1-2-8-6-14-5-4-9(8)11/h1-6,10,15-16H,7H2,(H2,13,17). The van der Waals surface area contributed by atoms with Crippen molar-refractivity contribution in [2.24, 2.45) is 5.73 Å². The second kappa shape index (κ2) is 5.53. The second-order valence-electron chi connectivity index (χ2n) is 4.12. The van der Waals surface area contributed by atoms with Crippen molar-refractivity contribution in [1.82, 2.24) is 9.71 Å². The third-order valence-corrected chi connectivity index (χ3v) is 4.21. The van der Waals surface area contributed by atoms with Crippen molar-refractivity contribution < 1.29 is 18.3 Å². The third kappa shape index (κ3) is 2.93. The number of sulfonamides is 1. The van der Waals surface area contributed by atoms with Crippen LogP contribution in [0.25, 0.3) is 10.8 Å². The van der Waals surface area contributed by atoms with E-state index in [1.165, 1.54) is 12.3 Å². The minimum Gasteiger partial charge on any atom is -0.382 e. The summed E-state index contributed by atoms with van der Waals surface area (Å²) in [6.07, 6.45) is 1.47. The number of primary amides is 1. The van der Waals surface area contributed by atoms with Crippen LogP contribution < -0.4 is 10.5 Å². The van der Waals surface area contributed by atoms with Crippen molar-refractivity contribution in [2.75, 3.05) is 6.54 Å². The van der Waals surface area contributed by atoms with Gasteiger partial charge in [-0.05, 0) is 12.1 Å². The van der Waals surface area contributed by atoms with Gasteiger partial charge in [0.15, 0.2) is 0 Å². The van der Waals surface area contributed by atoms with Gasteiger partial charge in [0.1, 0.15) is 6.10 Å². The number of rotatable bonds is 5. The fourth-order valence-corrected chi connectivity index (χ4v) is 2.96. The van der Waals surface area contributed by atoms with Gasteiger partial charge in [-0.1, -0.05) is 12.1 Å². The molecule has 0 bridgehead atoms. The predicted molar refractivity (Wildman–Crippen MR) is 72.1 cm³/mol. The number of fused-ring (bicyclic) bond motifs is 1. The SMILES string of the molecule is NC(=O)C(O)CNS(=O)(=O)c1cccc2cnccc12. The monoisotopic (exact) mass is 295 g/mol. The number of benzene rings is 1. The van der Waals surface area contributed by atoms with E-state index in [1.807, 2.05) is 0 Å². The first-order valence-electron chi connectivity index (χ1n) is 5.71. The minimum atomic E-state index is -3.86. The molecule has 8 heteroatoms. The summed E-state index contributed by atoms with van der Waals surface area (Å²) < 4.78 is 26.5. The number of nitrogens with one attached hydrogen (secondary N) is 1. The number of aliphatic hydroxyl groups excluding tert-OH is 1. The van der Waals surface area contributed by atoms with Crippen LogP contribution in [0.4, 0.5) is 0 Å². The topological polar surface area (TPSA) is 122 Å². The van der Waals surface area contributed by atoms with Crippen LogP contribution in [0, 0.1) is 0 Å². The number of hydrogen-bond acceptors (Lipinski definition) is 5. The summed E-state index contributed by atoms with van der Waals surface area (Å²) in [5.41, 5.74) is 4.86. The Kier molecular flexibility index (Phi) is 3.98. The molecule has 0 radical (unpaired) electrons. The fraction of sp³-hybridized carbons (Fsp3) is 0.167. The molecule has 1 aromatic heterocycles. The zero-order valence-electron chi connectivity index (χ0n) is 10.4. The third-order valence-electron chi connectivity index (χ3n) is 2.73. The Morgan fingerprint density at radius 1 is 1.40 bits per heavy atom. The van der Waals surface area contributed by atoms with E-state index >= 15 is 0 Å². The minimum absolute atomic E-state index is 0.0501. The zero-order chi connectivity index (χ0) is 14.8. The van der Waals surface area contributed by atoms with Crippen molar-refractivity contribution in [2.45, 2.75) is 11.0 Å². The van der Waals surface area contributed by atoms with Gasteiger partial charge in [0, 0.05) is 29.7 Å². The molecule has 4 N–H and O–H groups in total. The van der Waals surface area contributed by atoms with E-state index in [0.717, 1.165) is 0 Å². The Hall–Kier alpha value is -2.03. The molecular weight excluding hydrogens is 282 g/mol. The maximum Gasteiger partial charge on any atom is 0.247 e. The van der Waals surface area contributed by atoms with Gasteiger partial charge < -0.3 is 10.8 Å². The van der Waals surface area contributed by atoms with Gasteiger partial charge in [0.2, 0.25) is 15.9 Å². The molecule has 1 heterocycles. The molecular formula is C12H13N3O4S. The van der Waals surface area contributed by atoms with Crippen molar-refractivity contribution in [3.05, 3.63) is 36.7 Å². The van der Waals surface area contributed by atoms with E-state index in [4.69, 9.17) is 5.73 Å². The van der Waals surface area contributed by atoms with Gasteiger partial charge in [-0.2, -0.15) is 0 Å². The van der Waals surface area contributed by atoms with E-state index in [1.54, 1.807) is 24.4 Å². The van der Waals surface area contributed by atoms with Gasteiger partial charge in [-0.15, -0.1) is 0 Å². The molecule has 1 amide bonds. The smallest absolute Gasteiger partial charge is 0.247 e. The molecule has 0 saturated heterocycles. The molecule has 0 aliphatic heterocycles.